The minimum absolute atomic E-state index is 0.209. The summed E-state index contributed by atoms with van der Waals surface area (Å²) in [4.78, 5) is 10.9. The van der Waals surface area contributed by atoms with E-state index in [0.29, 0.717) is 11.3 Å². The van der Waals surface area contributed by atoms with Crippen molar-refractivity contribution >= 4 is 6.29 Å². The molecular weight excluding hydrogens is 160 g/mol. The molecule has 0 bridgehead atoms. The van der Waals surface area contributed by atoms with Crippen LogP contribution in [0.2, 0.25) is 0 Å². The monoisotopic (exact) mass is 180 g/mol. The van der Waals surface area contributed by atoms with Gasteiger partial charge in [-0.1, -0.05) is 26.0 Å². The van der Waals surface area contributed by atoms with Crippen LogP contribution in [-0.4, -0.2) is 6.29 Å². The molecule has 1 rings (SSSR count). The average molecular weight is 180 g/mol. The van der Waals surface area contributed by atoms with Crippen molar-refractivity contribution in [3.05, 3.63) is 12.2 Å². The van der Waals surface area contributed by atoms with Crippen molar-refractivity contribution in [3.63, 3.8) is 0 Å². The van der Waals surface area contributed by atoms with E-state index in [2.05, 4.69) is 20.4 Å². The summed E-state index contributed by atoms with van der Waals surface area (Å²) in [5, 5.41) is 0. The van der Waals surface area contributed by atoms with E-state index < -0.39 is 0 Å². The molecule has 2 unspecified atom stereocenters. The summed E-state index contributed by atoms with van der Waals surface area (Å²) in [6.07, 6.45) is 4.49. The first kappa shape index (κ1) is 10.5. The Morgan fingerprint density at radius 1 is 1.54 bits per heavy atom. The summed E-state index contributed by atoms with van der Waals surface area (Å²) in [5.74, 6) is 0.645. The summed E-state index contributed by atoms with van der Waals surface area (Å²) >= 11 is 0. The molecule has 0 saturated heterocycles. The molecule has 13 heavy (non-hydrogen) atoms. The molecule has 2 atom stereocenters. The Morgan fingerprint density at radius 2 is 2.15 bits per heavy atom. The van der Waals surface area contributed by atoms with Crippen molar-refractivity contribution in [2.75, 3.05) is 0 Å². The Hall–Kier alpha value is -0.590. The molecule has 1 fully saturated rings. The van der Waals surface area contributed by atoms with Crippen molar-refractivity contribution in [2.45, 2.75) is 40.0 Å². The standard InChI is InChI=1S/C12H20O/c1-9(2)11-5-6-12(3,4)7-10(11)8-13/h8,10-11H,1,5-7H2,2-4H3. The number of hydrogen-bond donors (Lipinski definition) is 0. The first-order valence-corrected chi connectivity index (χ1v) is 5.07. The second kappa shape index (κ2) is 3.65. The topological polar surface area (TPSA) is 17.1 Å². The zero-order chi connectivity index (χ0) is 10.1. The van der Waals surface area contributed by atoms with Gasteiger partial charge >= 0.3 is 0 Å². The molecule has 0 aromatic carbocycles. The van der Waals surface area contributed by atoms with Gasteiger partial charge in [-0.3, -0.25) is 0 Å². The van der Waals surface area contributed by atoms with Crippen LogP contribution >= 0.6 is 0 Å². The second-order valence-electron chi connectivity index (χ2n) is 5.16. The van der Waals surface area contributed by atoms with Crippen molar-refractivity contribution in [3.8, 4) is 0 Å². The van der Waals surface area contributed by atoms with E-state index in [1.54, 1.807) is 0 Å². The van der Waals surface area contributed by atoms with Crippen LogP contribution in [0.25, 0.3) is 0 Å². The lowest BCUT2D eigenvalue weighted by molar-refractivity contribution is -0.114. The predicted molar refractivity (Wildman–Crippen MR) is 55.5 cm³/mol. The SMILES string of the molecule is C=C(C)C1CCC(C)(C)CC1C=O. The van der Waals surface area contributed by atoms with Crippen LogP contribution in [0.3, 0.4) is 0 Å². The summed E-state index contributed by atoms with van der Waals surface area (Å²) in [6, 6.07) is 0. The van der Waals surface area contributed by atoms with Gasteiger partial charge in [0.2, 0.25) is 0 Å². The molecule has 0 heterocycles. The van der Waals surface area contributed by atoms with Gasteiger partial charge in [-0.05, 0) is 37.5 Å². The Kier molecular flexibility index (Phi) is 2.94. The van der Waals surface area contributed by atoms with Gasteiger partial charge in [-0.25, -0.2) is 0 Å². The van der Waals surface area contributed by atoms with Crippen LogP contribution in [-0.2, 0) is 4.79 Å². The molecule has 1 heteroatoms. The van der Waals surface area contributed by atoms with Gasteiger partial charge in [0.15, 0.2) is 0 Å². The molecule has 74 valence electrons. The average Bonchev–Trinajstić information content (AvgIpc) is 2.01. The lowest BCUT2D eigenvalue weighted by Crippen LogP contribution is -2.31. The smallest absolute Gasteiger partial charge is 0.123 e. The zero-order valence-electron chi connectivity index (χ0n) is 8.97. The van der Waals surface area contributed by atoms with Gasteiger partial charge < -0.3 is 4.79 Å². The highest BCUT2D eigenvalue weighted by molar-refractivity contribution is 5.55. The summed E-state index contributed by atoms with van der Waals surface area (Å²) in [6.45, 7) is 10.5. The van der Waals surface area contributed by atoms with Crippen molar-refractivity contribution in [1.82, 2.24) is 0 Å². The Labute approximate surface area is 81.2 Å². The minimum Gasteiger partial charge on any atom is -0.303 e. The largest absolute Gasteiger partial charge is 0.303 e. The Balaban J connectivity index is 2.71. The van der Waals surface area contributed by atoms with Crippen LogP contribution in [0, 0.1) is 17.3 Å². The van der Waals surface area contributed by atoms with E-state index in [1.807, 2.05) is 6.92 Å². The fourth-order valence-corrected chi connectivity index (χ4v) is 2.40. The van der Waals surface area contributed by atoms with Crippen LogP contribution in [0.15, 0.2) is 12.2 Å². The van der Waals surface area contributed by atoms with Crippen LogP contribution in [0.5, 0.6) is 0 Å². The molecule has 0 amide bonds. The van der Waals surface area contributed by atoms with Crippen LogP contribution in [0.1, 0.15) is 40.0 Å². The maximum atomic E-state index is 10.9. The third kappa shape index (κ3) is 2.43. The highest BCUT2D eigenvalue weighted by Crippen LogP contribution is 2.43. The first-order valence-electron chi connectivity index (χ1n) is 5.07. The van der Waals surface area contributed by atoms with Crippen molar-refractivity contribution in [1.29, 1.82) is 0 Å². The molecule has 1 aliphatic rings. The van der Waals surface area contributed by atoms with E-state index in [0.717, 1.165) is 19.1 Å². The molecule has 0 radical (unpaired) electrons. The number of carbonyl (C=O) groups excluding carboxylic acids is 1. The molecule has 0 aromatic heterocycles. The predicted octanol–water partition coefficient (Wildman–Crippen LogP) is 3.20. The van der Waals surface area contributed by atoms with Crippen LogP contribution in [0.4, 0.5) is 0 Å². The third-order valence-corrected chi connectivity index (χ3v) is 3.25. The normalized spacial score (nSPS) is 32.5. The van der Waals surface area contributed by atoms with E-state index in [4.69, 9.17) is 0 Å². The van der Waals surface area contributed by atoms with Gasteiger partial charge in [0.05, 0.1) is 0 Å². The minimum atomic E-state index is 0.209. The highest BCUT2D eigenvalue weighted by atomic mass is 16.1. The van der Waals surface area contributed by atoms with E-state index in [-0.39, 0.29) is 5.92 Å². The summed E-state index contributed by atoms with van der Waals surface area (Å²) in [5.41, 5.74) is 1.52. The van der Waals surface area contributed by atoms with Crippen molar-refractivity contribution < 1.29 is 4.79 Å². The Morgan fingerprint density at radius 3 is 2.62 bits per heavy atom. The number of rotatable bonds is 2. The lowest BCUT2D eigenvalue weighted by atomic mass is 9.66. The first-order chi connectivity index (χ1) is 5.96. The number of aldehydes is 1. The molecule has 0 N–H and O–H groups in total. The molecule has 1 nitrogen and oxygen atoms in total. The van der Waals surface area contributed by atoms with Gasteiger partial charge in [-0.15, -0.1) is 0 Å². The van der Waals surface area contributed by atoms with Gasteiger partial charge in [0.25, 0.3) is 0 Å². The number of allylic oxidation sites excluding steroid dienone is 1. The van der Waals surface area contributed by atoms with Crippen molar-refractivity contribution in [2.24, 2.45) is 17.3 Å². The molecule has 0 spiro atoms. The molecule has 0 aliphatic heterocycles. The lowest BCUT2D eigenvalue weighted by Gasteiger charge is -2.38. The van der Waals surface area contributed by atoms with Gasteiger partial charge in [0, 0.05) is 5.92 Å². The maximum absolute atomic E-state index is 10.9. The molecule has 1 aliphatic carbocycles. The number of hydrogen-bond acceptors (Lipinski definition) is 1. The van der Waals surface area contributed by atoms with Gasteiger partial charge in [0.1, 0.15) is 6.29 Å². The maximum Gasteiger partial charge on any atom is 0.123 e. The zero-order valence-corrected chi connectivity index (χ0v) is 8.97. The Bertz CT molecular complexity index is 215. The summed E-state index contributed by atoms with van der Waals surface area (Å²) in [7, 11) is 0. The van der Waals surface area contributed by atoms with E-state index >= 15 is 0 Å². The highest BCUT2D eigenvalue weighted by Gasteiger charge is 2.34. The summed E-state index contributed by atoms with van der Waals surface area (Å²) < 4.78 is 0. The quantitative estimate of drug-likeness (QED) is 0.471. The molecule has 0 aromatic rings. The molecule has 1 saturated carbocycles. The second-order valence-corrected chi connectivity index (χ2v) is 5.16. The number of carbonyl (C=O) groups is 1. The van der Waals surface area contributed by atoms with Gasteiger partial charge in [-0.2, -0.15) is 0 Å². The third-order valence-electron chi connectivity index (χ3n) is 3.25. The van der Waals surface area contributed by atoms with E-state index in [1.165, 1.54) is 12.0 Å². The molecular formula is C12H20O. The van der Waals surface area contributed by atoms with E-state index in [9.17, 15) is 4.79 Å². The fraction of sp³-hybridized carbons (Fsp3) is 0.750. The van der Waals surface area contributed by atoms with Crippen LogP contribution < -0.4 is 0 Å². The fourth-order valence-electron chi connectivity index (χ4n) is 2.40.